The van der Waals surface area contributed by atoms with E-state index in [-0.39, 0.29) is 19.1 Å². The second-order valence-corrected chi connectivity index (χ2v) is 5.71. The molecular weight excluding hydrogens is 338 g/mol. The summed E-state index contributed by atoms with van der Waals surface area (Å²) in [6, 6.07) is 6.46. The van der Waals surface area contributed by atoms with E-state index in [2.05, 4.69) is 10.6 Å². The SMILES string of the molecule is CNCCN(C)C(=O)OCc1ccc(N(CCNC(N)=O)C(C)=O)cc1. The molecule has 0 unspecified atom stereocenters. The molecule has 0 aliphatic rings. The van der Waals surface area contributed by atoms with Crippen molar-refractivity contribution in [3.63, 3.8) is 0 Å². The molecule has 1 rings (SSSR count). The summed E-state index contributed by atoms with van der Waals surface area (Å²) < 4.78 is 5.24. The van der Waals surface area contributed by atoms with Gasteiger partial charge in [-0.1, -0.05) is 12.1 Å². The molecule has 0 spiro atoms. The Balaban J connectivity index is 2.58. The lowest BCUT2D eigenvalue weighted by atomic mass is 10.2. The lowest BCUT2D eigenvalue weighted by Gasteiger charge is -2.21. The highest BCUT2D eigenvalue weighted by molar-refractivity contribution is 5.91. The molecule has 26 heavy (non-hydrogen) atoms. The van der Waals surface area contributed by atoms with E-state index in [1.165, 1.54) is 16.7 Å². The van der Waals surface area contributed by atoms with Crippen molar-refractivity contribution in [2.45, 2.75) is 13.5 Å². The molecule has 4 amide bonds. The van der Waals surface area contributed by atoms with Gasteiger partial charge in [-0.25, -0.2) is 9.59 Å². The number of primary amides is 1. The van der Waals surface area contributed by atoms with Crippen LogP contribution in [-0.2, 0) is 16.1 Å². The second kappa shape index (κ2) is 10.9. The van der Waals surface area contributed by atoms with E-state index in [0.29, 0.717) is 25.3 Å². The summed E-state index contributed by atoms with van der Waals surface area (Å²) in [7, 11) is 3.49. The first-order chi connectivity index (χ1) is 12.3. The van der Waals surface area contributed by atoms with Gasteiger partial charge in [0.15, 0.2) is 0 Å². The molecule has 0 aromatic heterocycles. The van der Waals surface area contributed by atoms with E-state index in [1.807, 2.05) is 7.05 Å². The molecule has 4 N–H and O–H groups in total. The average molecular weight is 365 g/mol. The molecule has 0 radical (unpaired) electrons. The number of benzene rings is 1. The molecule has 9 nitrogen and oxygen atoms in total. The fraction of sp³-hybridized carbons (Fsp3) is 0.471. The number of nitrogens with zero attached hydrogens (tertiary/aromatic N) is 2. The summed E-state index contributed by atoms with van der Waals surface area (Å²) in [4.78, 5) is 37.4. The minimum atomic E-state index is -0.634. The quantitative estimate of drug-likeness (QED) is 0.589. The van der Waals surface area contributed by atoms with E-state index in [1.54, 1.807) is 31.3 Å². The Bertz CT molecular complexity index is 606. The highest BCUT2D eigenvalue weighted by Crippen LogP contribution is 2.16. The van der Waals surface area contributed by atoms with Crippen LogP contribution in [0.3, 0.4) is 0 Å². The number of nitrogens with two attached hydrogens (primary N) is 1. The van der Waals surface area contributed by atoms with Gasteiger partial charge in [0, 0.05) is 45.8 Å². The molecule has 144 valence electrons. The number of likely N-dealkylation sites (N-methyl/N-ethyl adjacent to an activating group) is 2. The summed E-state index contributed by atoms with van der Waals surface area (Å²) >= 11 is 0. The van der Waals surface area contributed by atoms with Gasteiger partial charge in [0.25, 0.3) is 0 Å². The van der Waals surface area contributed by atoms with E-state index in [4.69, 9.17) is 10.5 Å². The number of ether oxygens (including phenoxy) is 1. The average Bonchev–Trinajstić information content (AvgIpc) is 2.61. The number of hydrogen-bond acceptors (Lipinski definition) is 5. The standard InChI is InChI=1S/C17H27N5O4/c1-13(23)22(11-9-20-16(18)24)15-6-4-14(5-7-15)12-26-17(25)21(3)10-8-19-2/h4-7,19H,8-12H2,1-3H3,(H3,18,20,24). The molecule has 9 heteroatoms. The predicted molar refractivity (Wildman–Crippen MR) is 98.8 cm³/mol. The molecule has 0 aliphatic carbocycles. The lowest BCUT2D eigenvalue weighted by Crippen LogP contribution is -2.39. The molecular formula is C17H27N5O4. The highest BCUT2D eigenvalue weighted by Gasteiger charge is 2.12. The first kappa shape index (κ1) is 21.2. The minimum absolute atomic E-state index is 0.145. The molecule has 1 aromatic carbocycles. The number of amides is 4. The Morgan fingerprint density at radius 1 is 1.12 bits per heavy atom. The largest absolute Gasteiger partial charge is 0.445 e. The van der Waals surface area contributed by atoms with E-state index in [0.717, 1.165) is 5.56 Å². The van der Waals surface area contributed by atoms with Crippen LogP contribution in [0.4, 0.5) is 15.3 Å². The van der Waals surface area contributed by atoms with Crippen LogP contribution in [0.5, 0.6) is 0 Å². The first-order valence-corrected chi connectivity index (χ1v) is 8.28. The maximum atomic E-state index is 11.8. The second-order valence-electron chi connectivity index (χ2n) is 5.71. The summed E-state index contributed by atoms with van der Waals surface area (Å²) in [5, 5.41) is 5.41. The third-order valence-corrected chi connectivity index (χ3v) is 3.63. The third kappa shape index (κ3) is 7.39. The molecule has 0 saturated carbocycles. The Labute approximate surface area is 153 Å². The zero-order chi connectivity index (χ0) is 19.5. The maximum absolute atomic E-state index is 11.8. The number of nitrogens with one attached hydrogen (secondary N) is 2. The van der Waals surface area contributed by atoms with E-state index >= 15 is 0 Å². The number of urea groups is 1. The Hall–Kier alpha value is -2.81. The Morgan fingerprint density at radius 3 is 2.31 bits per heavy atom. The fourth-order valence-corrected chi connectivity index (χ4v) is 2.16. The van der Waals surface area contributed by atoms with Crippen LogP contribution >= 0.6 is 0 Å². The molecule has 0 saturated heterocycles. The molecule has 0 bridgehead atoms. The van der Waals surface area contributed by atoms with Crippen molar-refractivity contribution < 1.29 is 19.1 Å². The third-order valence-electron chi connectivity index (χ3n) is 3.63. The van der Waals surface area contributed by atoms with Crippen LogP contribution in [0.15, 0.2) is 24.3 Å². The summed E-state index contributed by atoms with van der Waals surface area (Å²) in [6.07, 6.45) is -0.396. The monoisotopic (exact) mass is 365 g/mol. The van der Waals surface area contributed by atoms with Crippen LogP contribution in [0.2, 0.25) is 0 Å². The first-order valence-electron chi connectivity index (χ1n) is 8.28. The topological polar surface area (TPSA) is 117 Å². The van der Waals surface area contributed by atoms with Gasteiger partial charge in [-0.3, -0.25) is 4.79 Å². The van der Waals surface area contributed by atoms with Gasteiger partial charge in [0.2, 0.25) is 5.91 Å². The molecule has 0 aliphatic heterocycles. The van der Waals surface area contributed by atoms with Gasteiger partial charge < -0.3 is 30.9 Å². The normalized spacial score (nSPS) is 10.1. The van der Waals surface area contributed by atoms with E-state index in [9.17, 15) is 14.4 Å². The van der Waals surface area contributed by atoms with Crippen molar-refractivity contribution in [3.05, 3.63) is 29.8 Å². The van der Waals surface area contributed by atoms with Gasteiger partial charge in [0.1, 0.15) is 6.61 Å². The Morgan fingerprint density at radius 2 is 1.77 bits per heavy atom. The number of carbonyl (C=O) groups excluding carboxylic acids is 3. The highest BCUT2D eigenvalue weighted by atomic mass is 16.6. The van der Waals surface area contributed by atoms with Crippen molar-refractivity contribution in [1.29, 1.82) is 0 Å². The Kier molecular flexibility index (Phi) is 8.93. The van der Waals surface area contributed by atoms with E-state index < -0.39 is 12.1 Å². The van der Waals surface area contributed by atoms with Crippen molar-refractivity contribution in [2.24, 2.45) is 5.73 Å². The molecule has 0 heterocycles. The van der Waals surface area contributed by atoms with Gasteiger partial charge in [0.05, 0.1) is 0 Å². The summed E-state index contributed by atoms with van der Waals surface area (Å²) in [6.45, 7) is 3.40. The van der Waals surface area contributed by atoms with Crippen LogP contribution in [0.25, 0.3) is 0 Å². The van der Waals surface area contributed by atoms with Gasteiger partial charge in [-0.05, 0) is 24.7 Å². The van der Waals surface area contributed by atoms with Crippen molar-refractivity contribution >= 4 is 23.7 Å². The summed E-state index contributed by atoms with van der Waals surface area (Å²) in [5.74, 6) is -0.151. The number of carbonyl (C=O) groups is 3. The molecule has 0 fully saturated rings. The number of hydrogen-bond donors (Lipinski definition) is 3. The van der Waals surface area contributed by atoms with Crippen LogP contribution in [0, 0.1) is 0 Å². The summed E-state index contributed by atoms with van der Waals surface area (Å²) in [5.41, 5.74) is 6.51. The van der Waals surface area contributed by atoms with Gasteiger partial charge in [-0.15, -0.1) is 0 Å². The van der Waals surface area contributed by atoms with Crippen LogP contribution < -0.4 is 21.3 Å². The number of anilines is 1. The van der Waals surface area contributed by atoms with Gasteiger partial charge >= 0.3 is 12.1 Å². The minimum Gasteiger partial charge on any atom is -0.445 e. The maximum Gasteiger partial charge on any atom is 0.409 e. The van der Waals surface area contributed by atoms with Gasteiger partial charge in [-0.2, -0.15) is 0 Å². The zero-order valence-electron chi connectivity index (χ0n) is 15.4. The smallest absolute Gasteiger partial charge is 0.409 e. The van der Waals surface area contributed by atoms with Crippen LogP contribution in [-0.4, -0.2) is 63.2 Å². The van der Waals surface area contributed by atoms with Crippen molar-refractivity contribution in [3.8, 4) is 0 Å². The lowest BCUT2D eigenvalue weighted by molar-refractivity contribution is -0.116. The molecule has 0 atom stereocenters. The predicted octanol–water partition coefficient (Wildman–Crippen LogP) is 0.496. The van der Waals surface area contributed by atoms with Crippen LogP contribution in [0.1, 0.15) is 12.5 Å². The molecule has 1 aromatic rings. The fourth-order valence-electron chi connectivity index (χ4n) is 2.16. The zero-order valence-corrected chi connectivity index (χ0v) is 15.4. The number of rotatable bonds is 9. The van der Waals surface area contributed by atoms with Crippen molar-refractivity contribution in [2.75, 3.05) is 45.2 Å². The van der Waals surface area contributed by atoms with Crippen molar-refractivity contribution in [1.82, 2.24) is 15.5 Å².